The van der Waals surface area contributed by atoms with E-state index in [9.17, 15) is 4.57 Å². The van der Waals surface area contributed by atoms with Crippen molar-refractivity contribution in [2.45, 2.75) is 50.5 Å². The van der Waals surface area contributed by atoms with Gasteiger partial charge in [0.15, 0.2) is 0 Å². The topological polar surface area (TPSA) is 75.7 Å². The van der Waals surface area contributed by atoms with E-state index in [4.69, 9.17) is 34.4 Å². The monoisotopic (exact) mass is 454 g/mol. The highest BCUT2D eigenvalue weighted by atomic mass is 31.2. The standard InChI is InChI=1S/C19H37B2N4O5P/c1-19(2,3)23-9-15(29-17(20)11-23)14-28-31(26,24-7-5-22-6-8-24)25-10-16(13-27-4)30-18(21)12-25/h15-18,22H,5-14H2,1-4H3. The number of methoxy groups -OCH3 is 1. The van der Waals surface area contributed by atoms with Crippen molar-refractivity contribution in [3.8, 4) is 0 Å². The predicted molar refractivity (Wildman–Crippen MR) is 122 cm³/mol. The molecule has 3 aliphatic rings. The smallest absolute Gasteiger partial charge is 0.346 e. The molecule has 3 fully saturated rings. The molecule has 0 aliphatic carbocycles. The minimum atomic E-state index is -3.34. The van der Waals surface area contributed by atoms with Crippen molar-refractivity contribution >= 4 is 23.4 Å². The van der Waals surface area contributed by atoms with Crippen LogP contribution < -0.4 is 5.32 Å². The third-order valence-corrected chi connectivity index (χ3v) is 8.54. The lowest BCUT2D eigenvalue weighted by Crippen LogP contribution is -2.56. The Balaban J connectivity index is 1.73. The molecule has 0 saturated carbocycles. The highest BCUT2D eigenvalue weighted by Gasteiger charge is 2.44. The summed E-state index contributed by atoms with van der Waals surface area (Å²) in [7, 11) is 10.5. The summed E-state index contributed by atoms with van der Waals surface area (Å²) >= 11 is 0. The Morgan fingerprint density at radius 1 is 0.968 bits per heavy atom. The summed E-state index contributed by atoms with van der Waals surface area (Å²) in [6, 6.07) is -0.951. The maximum Gasteiger partial charge on any atom is 0.346 e. The summed E-state index contributed by atoms with van der Waals surface area (Å²) in [4.78, 5) is 2.28. The molecule has 5 unspecified atom stereocenters. The van der Waals surface area contributed by atoms with Crippen LogP contribution in [0, 0.1) is 0 Å². The zero-order valence-corrected chi connectivity index (χ0v) is 20.3. The van der Waals surface area contributed by atoms with Crippen LogP contribution in [0.15, 0.2) is 0 Å². The van der Waals surface area contributed by atoms with Gasteiger partial charge in [0.1, 0.15) is 15.7 Å². The first kappa shape index (κ1) is 25.7. The highest BCUT2D eigenvalue weighted by Crippen LogP contribution is 2.55. The van der Waals surface area contributed by atoms with Gasteiger partial charge < -0.3 is 24.1 Å². The fourth-order valence-corrected chi connectivity index (χ4v) is 6.78. The molecule has 0 amide bonds. The number of rotatable bonds is 7. The number of nitrogens with zero attached hydrogens (tertiary/aromatic N) is 3. The van der Waals surface area contributed by atoms with E-state index < -0.39 is 19.7 Å². The normalized spacial score (nSPS) is 34.5. The molecular formula is C19H37B2N4O5P. The van der Waals surface area contributed by atoms with Gasteiger partial charge in [0, 0.05) is 77.0 Å². The summed E-state index contributed by atoms with van der Waals surface area (Å²) in [5.41, 5.74) is -0.0355. The lowest BCUT2D eigenvalue weighted by Gasteiger charge is -2.47. The lowest BCUT2D eigenvalue weighted by atomic mass is 9.94. The Kier molecular flexibility index (Phi) is 9.09. The fraction of sp³-hybridized carbons (Fsp3) is 1.00. The molecule has 0 aromatic carbocycles. The number of morpholine rings is 2. The second-order valence-corrected chi connectivity index (χ2v) is 11.9. The van der Waals surface area contributed by atoms with Crippen molar-refractivity contribution in [1.82, 2.24) is 19.6 Å². The van der Waals surface area contributed by atoms with Gasteiger partial charge in [-0.3, -0.25) is 9.46 Å². The van der Waals surface area contributed by atoms with E-state index >= 15 is 0 Å². The maximum atomic E-state index is 14.4. The number of piperazine rings is 1. The van der Waals surface area contributed by atoms with Crippen molar-refractivity contribution in [3.05, 3.63) is 0 Å². The van der Waals surface area contributed by atoms with E-state index in [0.29, 0.717) is 45.9 Å². The Bertz CT molecular complexity index is 623. The second-order valence-electron chi connectivity index (χ2n) is 9.49. The fourth-order valence-electron chi connectivity index (χ4n) is 4.27. The van der Waals surface area contributed by atoms with Crippen LogP contribution in [0.1, 0.15) is 20.8 Å². The van der Waals surface area contributed by atoms with Gasteiger partial charge in [-0.25, -0.2) is 9.34 Å². The van der Waals surface area contributed by atoms with E-state index in [2.05, 4.69) is 31.0 Å². The van der Waals surface area contributed by atoms with E-state index in [1.54, 1.807) is 7.11 Å². The van der Waals surface area contributed by atoms with Crippen molar-refractivity contribution in [1.29, 1.82) is 0 Å². The number of ether oxygens (including phenoxy) is 3. The zero-order chi connectivity index (χ0) is 22.6. The van der Waals surface area contributed by atoms with Crippen LogP contribution in [0.2, 0.25) is 0 Å². The Hall–Kier alpha value is 0.0399. The van der Waals surface area contributed by atoms with Gasteiger partial charge >= 0.3 is 7.67 Å². The predicted octanol–water partition coefficient (Wildman–Crippen LogP) is -0.148. The van der Waals surface area contributed by atoms with Gasteiger partial charge in [-0.2, -0.15) is 0 Å². The van der Waals surface area contributed by atoms with Crippen LogP contribution in [0.25, 0.3) is 0 Å². The number of hydrogen-bond donors (Lipinski definition) is 1. The highest BCUT2D eigenvalue weighted by molar-refractivity contribution is 7.54. The van der Waals surface area contributed by atoms with Gasteiger partial charge in [-0.1, -0.05) is 0 Å². The average Bonchev–Trinajstić information content (AvgIpc) is 2.71. The lowest BCUT2D eigenvalue weighted by molar-refractivity contribution is -0.0940. The molecule has 5 atom stereocenters. The van der Waals surface area contributed by atoms with Crippen LogP contribution in [-0.4, -0.2) is 132 Å². The van der Waals surface area contributed by atoms with E-state index in [0.717, 1.165) is 13.1 Å². The van der Waals surface area contributed by atoms with E-state index in [-0.39, 0.29) is 24.4 Å². The summed E-state index contributed by atoms with van der Waals surface area (Å²) in [6.07, 6.45) is -0.520. The van der Waals surface area contributed by atoms with Gasteiger partial charge in [0.05, 0.1) is 25.4 Å². The van der Waals surface area contributed by atoms with Gasteiger partial charge in [-0.05, 0) is 20.8 Å². The van der Waals surface area contributed by atoms with Crippen LogP contribution in [0.3, 0.4) is 0 Å². The van der Waals surface area contributed by atoms with Gasteiger partial charge in [0.2, 0.25) is 0 Å². The first-order valence-corrected chi connectivity index (χ1v) is 12.7. The third kappa shape index (κ3) is 6.78. The molecule has 0 aromatic heterocycles. The van der Waals surface area contributed by atoms with Gasteiger partial charge in [-0.15, -0.1) is 0 Å². The molecule has 1 N–H and O–H groups in total. The quantitative estimate of drug-likeness (QED) is 0.418. The molecule has 3 aliphatic heterocycles. The van der Waals surface area contributed by atoms with Crippen molar-refractivity contribution in [3.63, 3.8) is 0 Å². The first-order valence-electron chi connectivity index (χ1n) is 11.1. The van der Waals surface area contributed by atoms with Crippen molar-refractivity contribution in [2.75, 3.05) is 72.7 Å². The molecular weight excluding hydrogens is 417 g/mol. The molecule has 0 spiro atoms. The number of hydrogen-bond acceptors (Lipinski definition) is 7. The van der Waals surface area contributed by atoms with Gasteiger partial charge in [0.25, 0.3) is 0 Å². The summed E-state index contributed by atoms with van der Waals surface area (Å²) in [6.45, 7) is 11.9. The Labute approximate surface area is 189 Å². The molecule has 9 nitrogen and oxygen atoms in total. The minimum absolute atomic E-state index is 0.0355. The molecule has 3 heterocycles. The summed E-state index contributed by atoms with van der Waals surface area (Å²) in [5.74, 6) is 0. The Morgan fingerprint density at radius 2 is 1.58 bits per heavy atom. The van der Waals surface area contributed by atoms with E-state index in [1.165, 1.54) is 0 Å². The van der Waals surface area contributed by atoms with Crippen molar-refractivity contribution < 1.29 is 23.3 Å². The molecule has 31 heavy (non-hydrogen) atoms. The molecule has 12 heteroatoms. The van der Waals surface area contributed by atoms with E-state index in [1.807, 2.05) is 9.34 Å². The summed E-state index contributed by atoms with van der Waals surface area (Å²) < 4.78 is 41.3. The summed E-state index contributed by atoms with van der Waals surface area (Å²) in [5, 5.41) is 3.31. The SMILES string of the molecule is [B]C1CN(C(C)(C)C)CC(COP(=O)(N2CCNCC2)N2CC([B])OC(COC)C2)O1. The molecule has 0 aromatic rings. The third-order valence-electron chi connectivity index (χ3n) is 5.90. The van der Waals surface area contributed by atoms with Crippen molar-refractivity contribution in [2.24, 2.45) is 0 Å². The first-order chi connectivity index (χ1) is 14.6. The minimum Gasteiger partial charge on any atom is -0.382 e. The largest absolute Gasteiger partial charge is 0.382 e. The zero-order valence-electron chi connectivity index (χ0n) is 19.4. The van der Waals surface area contributed by atoms with Crippen LogP contribution in [0.4, 0.5) is 0 Å². The average molecular weight is 454 g/mol. The molecule has 174 valence electrons. The molecule has 4 radical (unpaired) electrons. The number of nitrogens with one attached hydrogen (secondary N) is 1. The Morgan fingerprint density at radius 3 is 2.19 bits per heavy atom. The van der Waals surface area contributed by atoms with Crippen LogP contribution >= 0.6 is 7.67 Å². The maximum absolute atomic E-state index is 14.4. The van der Waals surface area contributed by atoms with Crippen LogP contribution in [0.5, 0.6) is 0 Å². The molecule has 3 saturated heterocycles. The second kappa shape index (κ2) is 11.0. The van der Waals surface area contributed by atoms with Crippen LogP contribution in [-0.2, 0) is 23.3 Å². The molecule has 0 bridgehead atoms. The molecule has 3 rings (SSSR count).